The first-order chi connectivity index (χ1) is 13.9. The second-order valence-electron chi connectivity index (χ2n) is 10.8. The van der Waals surface area contributed by atoms with Crippen LogP contribution in [0.3, 0.4) is 0 Å². The van der Waals surface area contributed by atoms with Crippen LogP contribution in [0.5, 0.6) is 0 Å². The molecule has 3 fully saturated rings. The van der Waals surface area contributed by atoms with Crippen molar-refractivity contribution in [3.05, 3.63) is 11.6 Å². The number of carbonyl (C=O) groups is 3. The van der Waals surface area contributed by atoms with E-state index in [-0.39, 0.29) is 59.4 Å². The largest absolute Gasteiger partial charge is 0.454 e. The maximum atomic E-state index is 15.5. The lowest BCUT2D eigenvalue weighted by Crippen LogP contribution is -2.60. The highest BCUT2D eigenvalue weighted by atomic mass is 19.1. The van der Waals surface area contributed by atoms with Crippen molar-refractivity contribution in [2.75, 3.05) is 0 Å². The predicted octanol–water partition coefficient (Wildman–Crippen LogP) is 3.43. The number of fused-ring (bicyclic) bond motifs is 5. The van der Waals surface area contributed by atoms with Crippen molar-refractivity contribution in [1.29, 1.82) is 0 Å². The molecule has 10 atom stereocenters. The second-order valence-corrected chi connectivity index (χ2v) is 10.8. The normalized spacial score (nSPS) is 50.1. The van der Waals surface area contributed by atoms with Crippen LogP contribution in [0.25, 0.3) is 0 Å². The van der Waals surface area contributed by atoms with Crippen LogP contribution in [0.15, 0.2) is 11.6 Å². The van der Waals surface area contributed by atoms with Gasteiger partial charge in [0.15, 0.2) is 11.9 Å². The lowest BCUT2D eigenvalue weighted by atomic mass is 9.45. The fraction of sp³-hybridized carbons (Fsp3) is 0.792. The predicted molar refractivity (Wildman–Crippen MR) is 108 cm³/mol. The van der Waals surface area contributed by atoms with Gasteiger partial charge in [-0.15, -0.1) is 0 Å². The van der Waals surface area contributed by atoms with Gasteiger partial charge in [0.25, 0.3) is 0 Å². The third-order valence-electron chi connectivity index (χ3n) is 8.98. The number of hydrogen-bond acceptors (Lipinski definition) is 5. The molecule has 166 valence electrons. The summed E-state index contributed by atoms with van der Waals surface area (Å²) in [5.74, 6) is -0.835. The molecule has 0 amide bonds. The molecular weight excluding hydrogens is 387 g/mol. The zero-order valence-electron chi connectivity index (χ0n) is 18.5. The quantitative estimate of drug-likeness (QED) is 0.693. The summed E-state index contributed by atoms with van der Waals surface area (Å²) in [6.45, 7) is 9.00. The van der Waals surface area contributed by atoms with Crippen LogP contribution in [-0.4, -0.2) is 41.0 Å². The summed E-state index contributed by atoms with van der Waals surface area (Å²) in [7, 11) is 0. The second kappa shape index (κ2) is 6.98. The Hall–Kier alpha value is -1.56. The van der Waals surface area contributed by atoms with E-state index in [1.54, 1.807) is 6.92 Å². The van der Waals surface area contributed by atoms with E-state index in [0.717, 1.165) is 6.42 Å². The third-order valence-corrected chi connectivity index (χ3v) is 8.98. The minimum atomic E-state index is -1.26. The molecule has 0 aromatic heterocycles. The van der Waals surface area contributed by atoms with Crippen molar-refractivity contribution in [2.45, 2.75) is 78.7 Å². The maximum Gasteiger partial charge on any atom is 0.303 e. The molecule has 1 unspecified atom stereocenters. The Morgan fingerprint density at radius 1 is 1.20 bits per heavy atom. The molecule has 0 aromatic carbocycles. The molecule has 4 aliphatic rings. The maximum absolute atomic E-state index is 15.5. The van der Waals surface area contributed by atoms with Crippen molar-refractivity contribution in [1.82, 2.24) is 0 Å². The minimum Gasteiger partial charge on any atom is -0.454 e. The highest BCUT2D eigenvalue weighted by Gasteiger charge is 2.66. The first-order valence-corrected chi connectivity index (χ1v) is 11.2. The SMILES string of the molecule is CC(=O)OC1C[C@@]2(C)C(=CC1=O)[C@@H](F)C[C@@H]1[C@@H]2[C@@H](O)C[C@@]2(C)[C@H]1C[C@@H](C)[C@@H]2C(C)=O. The first kappa shape index (κ1) is 21.7. The van der Waals surface area contributed by atoms with E-state index in [2.05, 4.69) is 13.8 Å². The standard InChI is InChI=1S/C24H33FO5/c1-11-6-15-14-7-17(25)16-8-18(28)20(30-13(3)27)10-24(16,5)22(14)19(29)9-23(15,4)21(11)12(2)26/h8,11,14-15,17,19-22,29H,6-7,9-10H2,1-5H3/t11-,14+,15+,17+,19+,20?,21-,22-,23+,24+/m1/s1. The van der Waals surface area contributed by atoms with Crippen LogP contribution >= 0.6 is 0 Å². The Kier molecular flexibility index (Phi) is 5.04. The Balaban J connectivity index is 1.76. The summed E-state index contributed by atoms with van der Waals surface area (Å²) in [5.41, 5.74) is -0.661. The van der Waals surface area contributed by atoms with E-state index in [4.69, 9.17) is 4.74 Å². The van der Waals surface area contributed by atoms with E-state index in [1.165, 1.54) is 13.0 Å². The zero-order valence-corrected chi connectivity index (χ0v) is 18.5. The van der Waals surface area contributed by atoms with E-state index in [9.17, 15) is 19.5 Å². The molecular formula is C24H33FO5. The molecule has 3 saturated carbocycles. The molecule has 30 heavy (non-hydrogen) atoms. The van der Waals surface area contributed by atoms with E-state index in [1.807, 2.05) is 6.92 Å². The number of rotatable bonds is 2. The van der Waals surface area contributed by atoms with Crippen molar-refractivity contribution < 1.29 is 28.6 Å². The number of alkyl halides is 1. The summed E-state index contributed by atoms with van der Waals surface area (Å²) >= 11 is 0. The van der Waals surface area contributed by atoms with Gasteiger partial charge in [-0.3, -0.25) is 14.4 Å². The number of aliphatic hydroxyl groups excluding tert-OH is 1. The average Bonchev–Trinajstić information content (AvgIpc) is 2.86. The monoisotopic (exact) mass is 420 g/mol. The number of allylic oxidation sites excluding steroid dienone is 1. The van der Waals surface area contributed by atoms with Gasteiger partial charge in [0.1, 0.15) is 12.0 Å². The van der Waals surface area contributed by atoms with Gasteiger partial charge >= 0.3 is 5.97 Å². The molecule has 0 radical (unpaired) electrons. The van der Waals surface area contributed by atoms with Gasteiger partial charge in [0.05, 0.1) is 6.10 Å². The number of esters is 1. The lowest BCUT2D eigenvalue weighted by Gasteiger charge is -2.60. The third kappa shape index (κ3) is 2.93. The fourth-order valence-electron chi connectivity index (χ4n) is 8.27. The van der Waals surface area contributed by atoms with Crippen LogP contribution in [0.2, 0.25) is 0 Å². The highest BCUT2D eigenvalue weighted by Crippen LogP contribution is 2.68. The summed E-state index contributed by atoms with van der Waals surface area (Å²) in [6.07, 6.45) is 0.249. The number of ether oxygens (including phenoxy) is 1. The van der Waals surface area contributed by atoms with Gasteiger partial charge in [-0.25, -0.2) is 4.39 Å². The van der Waals surface area contributed by atoms with Crippen molar-refractivity contribution in [3.8, 4) is 0 Å². The van der Waals surface area contributed by atoms with Crippen molar-refractivity contribution in [3.63, 3.8) is 0 Å². The molecule has 6 heteroatoms. The van der Waals surface area contributed by atoms with E-state index < -0.39 is 29.8 Å². The summed E-state index contributed by atoms with van der Waals surface area (Å²) in [4.78, 5) is 36.5. The number of carbonyl (C=O) groups excluding carboxylic acids is 3. The van der Waals surface area contributed by atoms with Crippen LogP contribution in [0.1, 0.15) is 60.3 Å². The highest BCUT2D eigenvalue weighted by molar-refractivity contribution is 5.96. The Morgan fingerprint density at radius 2 is 1.87 bits per heavy atom. The molecule has 5 nitrogen and oxygen atoms in total. The van der Waals surface area contributed by atoms with Gasteiger partial charge < -0.3 is 9.84 Å². The minimum absolute atomic E-state index is 0.0751. The molecule has 0 aliphatic heterocycles. The molecule has 0 bridgehead atoms. The lowest BCUT2D eigenvalue weighted by molar-refractivity contribution is -0.165. The smallest absolute Gasteiger partial charge is 0.303 e. The molecule has 0 spiro atoms. The van der Waals surface area contributed by atoms with Gasteiger partial charge in [-0.1, -0.05) is 20.8 Å². The van der Waals surface area contributed by atoms with Gasteiger partial charge in [-0.05, 0) is 66.9 Å². The first-order valence-electron chi connectivity index (χ1n) is 11.2. The van der Waals surface area contributed by atoms with Crippen LogP contribution in [0, 0.1) is 40.4 Å². The van der Waals surface area contributed by atoms with Crippen LogP contribution < -0.4 is 0 Å². The zero-order chi connectivity index (χ0) is 22.2. The summed E-state index contributed by atoms with van der Waals surface area (Å²) < 4.78 is 20.7. The van der Waals surface area contributed by atoms with Crippen molar-refractivity contribution in [2.24, 2.45) is 40.4 Å². The molecule has 1 N–H and O–H groups in total. The number of aliphatic hydroxyl groups is 1. The van der Waals surface area contributed by atoms with Crippen molar-refractivity contribution >= 4 is 17.5 Å². The number of halogens is 1. The Labute approximate surface area is 177 Å². The molecule has 4 rings (SSSR count). The van der Waals surface area contributed by atoms with Crippen LogP contribution in [-0.2, 0) is 19.1 Å². The number of hydrogen-bond donors (Lipinski definition) is 1. The fourth-order valence-corrected chi connectivity index (χ4v) is 8.27. The van der Waals surface area contributed by atoms with Crippen LogP contribution in [0.4, 0.5) is 4.39 Å². The Morgan fingerprint density at radius 3 is 2.47 bits per heavy atom. The molecule has 4 aliphatic carbocycles. The molecule has 0 saturated heterocycles. The van der Waals surface area contributed by atoms with Gasteiger partial charge in [0, 0.05) is 24.7 Å². The molecule has 0 heterocycles. The number of ketones is 2. The summed E-state index contributed by atoms with van der Waals surface area (Å²) in [6, 6.07) is 0. The average molecular weight is 421 g/mol. The topological polar surface area (TPSA) is 80.7 Å². The molecule has 0 aromatic rings. The summed E-state index contributed by atoms with van der Waals surface area (Å²) in [5, 5.41) is 11.4. The van der Waals surface area contributed by atoms with Gasteiger partial charge in [-0.2, -0.15) is 0 Å². The Bertz CT molecular complexity index is 820. The van der Waals surface area contributed by atoms with E-state index >= 15 is 4.39 Å². The van der Waals surface area contributed by atoms with E-state index in [0.29, 0.717) is 12.0 Å². The number of Topliss-reactive ketones (excluding diaryl/α,β-unsaturated/α-hetero) is 1. The van der Waals surface area contributed by atoms with Gasteiger partial charge in [0.2, 0.25) is 0 Å².